The molecule has 6 heteroatoms. The molecule has 0 bridgehead atoms. The van der Waals surface area contributed by atoms with Crippen LogP contribution in [0.25, 0.3) is 0 Å². The van der Waals surface area contributed by atoms with Crippen molar-refractivity contribution in [1.29, 1.82) is 0 Å². The quantitative estimate of drug-likeness (QED) is 0.568. The van der Waals surface area contributed by atoms with Gasteiger partial charge in [0.2, 0.25) is 5.91 Å². The topological polar surface area (TPSA) is 95.9 Å². The lowest BCUT2D eigenvalue weighted by molar-refractivity contribution is -0.151. The fraction of sp³-hybridized carbons (Fsp3) is 0.778. The Labute approximate surface area is 87.2 Å². The summed E-state index contributed by atoms with van der Waals surface area (Å²) in [5, 5.41) is 19.9. The van der Waals surface area contributed by atoms with Crippen LogP contribution in [-0.4, -0.2) is 46.9 Å². The summed E-state index contributed by atoms with van der Waals surface area (Å²) >= 11 is 0. The standard InChI is InChI=1S/C9H15NO5/c1-5(4-11)10-8(12)6-2-3-7(15-6)9(13)14/h5-7,11H,2-4H2,1H3,(H,10,12)(H,13,14)/t5-,6+,7-/m1/s1. The molecular weight excluding hydrogens is 202 g/mol. The highest BCUT2D eigenvalue weighted by atomic mass is 16.5. The predicted molar refractivity (Wildman–Crippen MR) is 50.2 cm³/mol. The van der Waals surface area contributed by atoms with E-state index in [1.807, 2.05) is 0 Å². The highest BCUT2D eigenvalue weighted by molar-refractivity contribution is 5.82. The summed E-state index contributed by atoms with van der Waals surface area (Å²) in [6.45, 7) is 1.50. The van der Waals surface area contributed by atoms with Crippen LogP contribution in [0.15, 0.2) is 0 Å². The first-order chi connectivity index (χ1) is 7.04. The molecule has 1 fully saturated rings. The lowest BCUT2D eigenvalue weighted by atomic mass is 10.2. The zero-order chi connectivity index (χ0) is 11.4. The maximum atomic E-state index is 11.4. The SMILES string of the molecule is C[C@H](CO)NC(=O)[C@@H]1CC[C@H](C(=O)O)O1. The van der Waals surface area contributed by atoms with E-state index < -0.39 is 18.2 Å². The van der Waals surface area contributed by atoms with Crippen LogP contribution in [0.4, 0.5) is 0 Å². The molecule has 1 aliphatic heterocycles. The van der Waals surface area contributed by atoms with Gasteiger partial charge in [0.1, 0.15) is 6.10 Å². The smallest absolute Gasteiger partial charge is 0.332 e. The molecule has 1 aliphatic rings. The van der Waals surface area contributed by atoms with Gasteiger partial charge in [0, 0.05) is 6.04 Å². The number of amides is 1. The van der Waals surface area contributed by atoms with Gasteiger partial charge in [0.25, 0.3) is 0 Å². The third kappa shape index (κ3) is 3.17. The average Bonchev–Trinajstić information content (AvgIpc) is 2.66. The average molecular weight is 217 g/mol. The third-order valence-corrected chi connectivity index (χ3v) is 2.25. The zero-order valence-electron chi connectivity index (χ0n) is 8.47. The van der Waals surface area contributed by atoms with Crippen molar-refractivity contribution in [2.24, 2.45) is 0 Å². The first-order valence-corrected chi connectivity index (χ1v) is 4.84. The van der Waals surface area contributed by atoms with Crippen molar-refractivity contribution in [3.05, 3.63) is 0 Å². The molecule has 0 aromatic heterocycles. The van der Waals surface area contributed by atoms with Gasteiger partial charge in [0.15, 0.2) is 6.10 Å². The summed E-state index contributed by atoms with van der Waals surface area (Å²) in [4.78, 5) is 22.0. The second kappa shape index (κ2) is 5.09. The number of aliphatic hydroxyl groups excluding tert-OH is 1. The van der Waals surface area contributed by atoms with Crippen LogP contribution in [0.1, 0.15) is 19.8 Å². The van der Waals surface area contributed by atoms with E-state index in [2.05, 4.69) is 5.32 Å². The fourth-order valence-corrected chi connectivity index (χ4v) is 1.39. The number of carbonyl (C=O) groups excluding carboxylic acids is 1. The van der Waals surface area contributed by atoms with Crippen molar-refractivity contribution in [2.45, 2.75) is 38.0 Å². The van der Waals surface area contributed by atoms with Crippen LogP contribution in [0, 0.1) is 0 Å². The van der Waals surface area contributed by atoms with Crippen LogP contribution < -0.4 is 5.32 Å². The molecule has 86 valence electrons. The summed E-state index contributed by atoms with van der Waals surface area (Å²) in [5.74, 6) is -1.40. The van der Waals surface area contributed by atoms with Gasteiger partial charge in [-0.15, -0.1) is 0 Å². The molecule has 1 amide bonds. The van der Waals surface area contributed by atoms with Gasteiger partial charge < -0.3 is 20.3 Å². The molecule has 1 rings (SSSR count). The molecule has 3 atom stereocenters. The lowest BCUT2D eigenvalue weighted by Gasteiger charge is -2.15. The lowest BCUT2D eigenvalue weighted by Crippen LogP contribution is -2.42. The Kier molecular flexibility index (Phi) is 4.05. The molecule has 0 aromatic carbocycles. The fourth-order valence-electron chi connectivity index (χ4n) is 1.39. The molecule has 0 spiro atoms. The number of rotatable bonds is 4. The van der Waals surface area contributed by atoms with Gasteiger partial charge in [0.05, 0.1) is 6.61 Å². The Balaban J connectivity index is 2.40. The van der Waals surface area contributed by atoms with Crippen LogP contribution in [-0.2, 0) is 14.3 Å². The summed E-state index contributed by atoms with van der Waals surface area (Å²) in [6, 6.07) is -0.343. The molecule has 0 saturated carbocycles. The van der Waals surface area contributed by atoms with Crippen LogP contribution in [0.3, 0.4) is 0 Å². The van der Waals surface area contributed by atoms with E-state index in [-0.39, 0.29) is 18.6 Å². The van der Waals surface area contributed by atoms with Crippen LogP contribution in [0.5, 0.6) is 0 Å². The number of carboxylic acid groups (broad SMARTS) is 1. The van der Waals surface area contributed by atoms with Gasteiger partial charge in [-0.3, -0.25) is 4.79 Å². The maximum absolute atomic E-state index is 11.4. The normalized spacial score (nSPS) is 27.3. The predicted octanol–water partition coefficient (Wildman–Crippen LogP) is -0.884. The van der Waals surface area contributed by atoms with Gasteiger partial charge in [-0.1, -0.05) is 0 Å². The second-order valence-electron chi connectivity index (χ2n) is 3.62. The minimum absolute atomic E-state index is 0.152. The number of nitrogens with one attached hydrogen (secondary N) is 1. The highest BCUT2D eigenvalue weighted by Gasteiger charge is 2.34. The second-order valence-corrected chi connectivity index (χ2v) is 3.62. The van der Waals surface area contributed by atoms with Crippen molar-refractivity contribution < 1.29 is 24.5 Å². The van der Waals surface area contributed by atoms with E-state index in [9.17, 15) is 9.59 Å². The van der Waals surface area contributed by atoms with Gasteiger partial charge >= 0.3 is 5.97 Å². The van der Waals surface area contributed by atoms with Crippen molar-refractivity contribution in [3.8, 4) is 0 Å². The Morgan fingerprint density at radius 1 is 1.47 bits per heavy atom. The molecule has 0 aliphatic carbocycles. The largest absolute Gasteiger partial charge is 0.479 e. The van der Waals surface area contributed by atoms with Gasteiger partial charge in [-0.2, -0.15) is 0 Å². The number of carboxylic acids is 1. The summed E-state index contributed by atoms with van der Waals surface area (Å²) < 4.78 is 5.04. The summed E-state index contributed by atoms with van der Waals surface area (Å²) in [7, 11) is 0. The van der Waals surface area contributed by atoms with Crippen molar-refractivity contribution >= 4 is 11.9 Å². The Hall–Kier alpha value is -1.14. The maximum Gasteiger partial charge on any atom is 0.332 e. The first-order valence-electron chi connectivity index (χ1n) is 4.84. The molecule has 1 heterocycles. The Bertz CT molecular complexity index is 255. The van der Waals surface area contributed by atoms with Crippen molar-refractivity contribution in [1.82, 2.24) is 5.32 Å². The van der Waals surface area contributed by atoms with Crippen LogP contribution in [0.2, 0.25) is 0 Å². The number of aliphatic hydroxyl groups is 1. The van der Waals surface area contributed by atoms with E-state index in [0.717, 1.165) is 0 Å². The van der Waals surface area contributed by atoms with E-state index in [0.29, 0.717) is 12.8 Å². The van der Waals surface area contributed by atoms with E-state index in [4.69, 9.17) is 14.9 Å². The zero-order valence-corrected chi connectivity index (χ0v) is 8.47. The number of hydrogen-bond donors (Lipinski definition) is 3. The molecule has 0 aromatic rings. The number of carbonyl (C=O) groups is 2. The van der Waals surface area contributed by atoms with Gasteiger partial charge in [-0.25, -0.2) is 4.79 Å². The molecule has 1 saturated heterocycles. The van der Waals surface area contributed by atoms with E-state index in [1.165, 1.54) is 0 Å². The summed E-state index contributed by atoms with van der Waals surface area (Å²) in [6.07, 6.45) is -0.840. The van der Waals surface area contributed by atoms with E-state index >= 15 is 0 Å². The Morgan fingerprint density at radius 2 is 2.07 bits per heavy atom. The minimum atomic E-state index is -1.04. The number of aliphatic carboxylic acids is 1. The molecule has 15 heavy (non-hydrogen) atoms. The third-order valence-electron chi connectivity index (χ3n) is 2.25. The molecule has 3 N–H and O–H groups in total. The van der Waals surface area contributed by atoms with Crippen molar-refractivity contribution in [3.63, 3.8) is 0 Å². The molecule has 0 unspecified atom stereocenters. The first kappa shape index (κ1) is 11.9. The minimum Gasteiger partial charge on any atom is -0.479 e. The monoisotopic (exact) mass is 217 g/mol. The van der Waals surface area contributed by atoms with Crippen molar-refractivity contribution in [2.75, 3.05) is 6.61 Å². The highest BCUT2D eigenvalue weighted by Crippen LogP contribution is 2.19. The molecular formula is C9H15NO5. The van der Waals surface area contributed by atoms with Crippen LogP contribution >= 0.6 is 0 Å². The van der Waals surface area contributed by atoms with Gasteiger partial charge in [-0.05, 0) is 19.8 Å². The Morgan fingerprint density at radius 3 is 2.53 bits per heavy atom. The van der Waals surface area contributed by atoms with E-state index in [1.54, 1.807) is 6.92 Å². The number of hydrogen-bond acceptors (Lipinski definition) is 4. The summed E-state index contributed by atoms with van der Waals surface area (Å²) in [5.41, 5.74) is 0. The number of ether oxygens (including phenoxy) is 1. The molecule has 0 radical (unpaired) electrons. The molecule has 6 nitrogen and oxygen atoms in total.